The van der Waals surface area contributed by atoms with Crippen molar-refractivity contribution >= 4 is 21.6 Å². The Labute approximate surface area is 89.2 Å². The molecule has 0 unspecified atom stereocenters. The van der Waals surface area contributed by atoms with E-state index in [1.165, 1.54) is 6.07 Å². The maximum atomic E-state index is 10.7. The molecule has 0 bridgehead atoms. The summed E-state index contributed by atoms with van der Waals surface area (Å²) < 4.78 is 6.21. The zero-order valence-electron chi connectivity index (χ0n) is 7.33. The van der Waals surface area contributed by atoms with E-state index in [0.717, 1.165) is 22.9 Å². The van der Waals surface area contributed by atoms with Crippen LogP contribution >= 0.6 is 15.9 Å². The van der Waals surface area contributed by atoms with Gasteiger partial charge >= 0.3 is 5.69 Å². The van der Waals surface area contributed by atoms with E-state index >= 15 is 0 Å². The highest BCUT2D eigenvalue weighted by Gasteiger charge is 2.23. The fraction of sp³-hybridized carbons (Fsp3) is 0.333. The number of nitrogens with zero attached hydrogens (tertiary/aromatic N) is 1. The van der Waals surface area contributed by atoms with Crippen molar-refractivity contribution in [3.05, 3.63) is 32.3 Å². The summed E-state index contributed by atoms with van der Waals surface area (Å²) in [4.78, 5) is 10.3. The van der Waals surface area contributed by atoms with Gasteiger partial charge in [-0.05, 0) is 18.9 Å². The summed E-state index contributed by atoms with van der Waals surface area (Å²) in [7, 11) is 0. The molecule has 0 atom stereocenters. The predicted octanol–water partition coefficient (Wildman–Crippen LogP) is 2.68. The summed E-state index contributed by atoms with van der Waals surface area (Å²) in [6, 6.07) is 3.17. The van der Waals surface area contributed by atoms with Crippen LogP contribution in [0, 0.1) is 10.1 Å². The second kappa shape index (κ2) is 3.57. The topological polar surface area (TPSA) is 52.4 Å². The molecule has 1 aliphatic rings. The molecule has 1 aromatic carbocycles. The summed E-state index contributed by atoms with van der Waals surface area (Å²) in [5.41, 5.74) is 0.966. The molecule has 4 nitrogen and oxygen atoms in total. The van der Waals surface area contributed by atoms with Crippen molar-refractivity contribution in [1.29, 1.82) is 0 Å². The zero-order valence-corrected chi connectivity index (χ0v) is 8.91. The number of ether oxygens (including phenoxy) is 1. The van der Waals surface area contributed by atoms with Crippen LogP contribution in [0.5, 0.6) is 5.75 Å². The standard InChI is InChI=1S/C9H8BrNO3/c10-7-3-4-8(11(12)13)9-6(7)2-1-5-14-9/h3-4H,1-2,5H2. The van der Waals surface area contributed by atoms with Crippen LogP contribution in [-0.2, 0) is 6.42 Å². The molecular formula is C9H8BrNO3. The van der Waals surface area contributed by atoms with E-state index in [9.17, 15) is 10.1 Å². The highest BCUT2D eigenvalue weighted by Crippen LogP contribution is 2.38. The quantitative estimate of drug-likeness (QED) is 0.574. The van der Waals surface area contributed by atoms with Gasteiger partial charge in [0.2, 0.25) is 5.75 Å². The fourth-order valence-electron chi connectivity index (χ4n) is 1.55. The second-order valence-electron chi connectivity index (χ2n) is 3.08. The first-order valence-corrected chi connectivity index (χ1v) is 5.08. The number of rotatable bonds is 1. The highest BCUT2D eigenvalue weighted by molar-refractivity contribution is 9.10. The summed E-state index contributed by atoms with van der Waals surface area (Å²) in [5.74, 6) is 0.427. The van der Waals surface area contributed by atoms with Crippen LogP contribution in [0.15, 0.2) is 16.6 Å². The fourth-order valence-corrected chi connectivity index (χ4v) is 2.06. The van der Waals surface area contributed by atoms with Gasteiger partial charge in [-0.1, -0.05) is 15.9 Å². The van der Waals surface area contributed by atoms with Gasteiger partial charge in [0, 0.05) is 16.1 Å². The van der Waals surface area contributed by atoms with E-state index in [1.807, 2.05) is 0 Å². The molecule has 0 aliphatic carbocycles. The Morgan fingerprint density at radius 1 is 1.50 bits per heavy atom. The lowest BCUT2D eigenvalue weighted by Gasteiger charge is -2.17. The summed E-state index contributed by atoms with van der Waals surface area (Å²) in [6.07, 6.45) is 1.74. The molecule has 0 aromatic heterocycles. The number of benzene rings is 1. The van der Waals surface area contributed by atoms with Crippen LogP contribution in [0.4, 0.5) is 5.69 Å². The highest BCUT2D eigenvalue weighted by atomic mass is 79.9. The summed E-state index contributed by atoms with van der Waals surface area (Å²) in [6.45, 7) is 0.560. The van der Waals surface area contributed by atoms with Crippen LogP contribution in [-0.4, -0.2) is 11.5 Å². The van der Waals surface area contributed by atoms with Crippen LogP contribution in [0.2, 0.25) is 0 Å². The monoisotopic (exact) mass is 257 g/mol. The normalized spacial score (nSPS) is 14.4. The number of halogens is 1. The van der Waals surface area contributed by atoms with Crippen LogP contribution in [0.1, 0.15) is 12.0 Å². The van der Waals surface area contributed by atoms with Gasteiger partial charge in [0.15, 0.2) is 0 Å². The van der Waals surface area contributed by atoms with Crippen molar-refractivity contribution in [2.45, 2.75) is 12.8 Å². The maximum absolute atomic E-state index is 10.7. The Balaban J connectivity index is 2.59. The number of nitro benzene ring substituents is 1. The lowest BCUT2D eigenvalue weighted by Crippen LogP contribution is -2.10. The predicted molar refractivity (Wildman–Crippen MR) is 54.6 cm³/mol. The Bertz CT molecular complexity index is 392. The van der Waals surface area contributed by atoms with Crippen molar-refractivity contribution in [3.8, 4) is 5.75 Å². The first kappa shape index (κ1) is 9.45. The summed E-state index contributed by atoms with van der Waals surface area (Å²) in [5, 5.41) is 10.7. The molecule has 2 rings (SSSR count). The number of nitro groups is 1. The van der Waals surface area contributed by atoms with Crippen molar-refractivity contribution in [3.63, 3.8) is 0 Å². The van der Waals surface area contributed by atoms with E-state index in [0.29, 0.717) is 12.4 Å². The molecule has 5 heteroatoms. The van der Waals surface area contributed by atoms with Crippen molar-refractivity contribution in [2.75, 3.05) is 6.61 Å². The van der Waals surface area contributed by atoms with E-state index < -0.39 is 4.92 Å². The molecule has 0 spiro atoms. The average molecular weight is 258 g/mol. The Hall–Kier alpha value is -1.10. The molecule has 14 heavy (non-hydrogen) atoms. The van der Waals surface area contributed by atoms with Gasteiger partial charge in [-0.25, -0.2) is 0 Å². The minimum atomic E-state index is -0.406. The molecule has 0 fully saturated rings. The van der Waals surface area contributed by atoms with Gasteiger partial charge in [-0.3, -0.25) is 10.1 Å². The number of hydrogen-bond donors (Lipinski definition) is 0. The lowest BCUT2D eigenvalue weighted by atomic mass is 10.1. The van der Waals surface area contributed by atoms with E-state index in [-0.39, 0.29) is 5.69 Å². The van der Waals surface area contributed by atoms with Crippen molar-refractivity contribution in [1.82, 2.24) is 0 Å². The third-order valence-electron chi connectivity index (χ3n) is 2.20. The van der Waals surface area contributed by atoms with Gasteiger partial charge in [-0.15, -0.1) is 0 Å². The first-order valence-electron chi connectivity index (χ1n) is 4.28. The third-order valence-corrected chi connectivity index (χ3v) is 2.94. The van der Waals surface area contributed by atoms with E-state index in [1.54, 1.807) is 6.07 Å². The molecule has 1 aromatic rings. The van der Waals surface area contributed by atoms with Crippen molar-refractivity contribution < 1.29 is 9.66 Å². The zero-order chi connectivity index (χ0) is 10.1. The molecule has 74 valence electrons. The molecule has 1 aliphatic heterocycles. The maximum Gasteiger partial charge on any atom is 0.311 e. The molecular weight excluding hydrogens is 250 g/mol. The smallest absolute Gasteiger partial charge is 0.311 e. The van der Waals surface area contributed by atoms with Crippen LogP contribution in [0.25, 0.3) is 0 Å². The van der Waals surface area contributed by atoms with E-state index in [2.05, 4.69) is 15.9 Å². The van der Waals surface area contributed by atoms with Gasteiger partial charge in [0.25, 0.3) is 0 Å². The van der Waals surface area contributed by atoms with Crippen LogP contribution < -0.4 is 4.74 Å². The molecule has 0 saturated heterocycles. The number of hydrogen-bond acceptors (Lipinski definition) is 3. The third kappa shape index (κ3) is 1.48. The molecule has 0 radical (unpaired) electrons. The van der Waals surface area contributed by atoms with Crippen molar-refractivity contribution in [2.24, 2.45) is 0 Å². The molecule has 1 heterocycles. The van der Waals surface area contributed by atoms with Gasteiger partial charge < -0.3 is 4.74 Å². The van der Waals surface area contributed by atoms with Gasteiger partial charge in [0.1, 0.15) is 0 Å². The average Bonchev–Trinajstić information content (AvgIpc) is 2.18. The Morgan fingerprint density at radius 3 is 3.00 bits per heavy atom. The van der Waals surface area contributed by atoms with Crippen LogP contribution in [0.3, 0.4) is 0 Å². The minimum absolute atomic E-state index is 0.0582. The number of fused-ring (bicyclic) bond motifs is 1. The minimum Gasteiger partial charge on any atom is -0.487 e. The SMILES string of the molecule is O=[N+]([O-])c1ccc(Br)c2c1OCCC2. The first-order chi connectivity index (χ1) is 6.70. The molecule has 0 amide bonds. The van der Waals surface area contributed by atoms with E-state index in [4.69, 9.17) is 4.74 Å². The second-order valence-corrected chi connectivity index (χ2v) is 3.94. The Kier molecular flexibility index (Phi) is 2.41. The molecule has 0 saturated carbocycles. The Morgan fingerprint density at radius 2 is 2.29 bits per heavy atom. The van der Waals surface area contributed by atoms with Gasteiger partial charge in [-0.2, -0.15) is 0 Å². The van der Waals surface area contributed by atoms with Gasteiger partial charge in [0.05, 0.1) is 11.5 Å². The summed E-state index contributed by atoms with van der Waals surface area (Å²) >= 11 is 3.36. The molecule has 0 N–H and O–H groups in total. The lowest BCUT2D eigenvalue weighted by molar-refractivity contribution is -0.386. The largest absolute Gasteiger partial charge is 0.487 e.